The molecule has 0 aliphatic heterocycles. The summed E-state index contributed by atoms with van der Waals surface area (Å²) in [5.41, 5.74) is 1.38. The zero-order valence-corrected chi connectivity index (χ0v) is 16.0. The van der Waals surface area contributed by atoms with E-state index in [2.05, 4.69) is 96.3 Å². The molecule has 0 bridgehead atoms. The largest absolute Gasteiger partial charge is 0.131 e. The minimum absolute atomic E-state index is 0.334. The Hall–Kier alpha value is -0.160. The minimum Gasteiger partial charge on any atom is -0.131 e. The second kappa shape index (κ2) is 6.30. The molecule has 20 heavy (non-hydrogen) atoms. The minimum atomic E-state index is 0.334. The van der Waals surface area contributed by atoms with Crippen LogP contribution in [0.25, 0.3) is 10.8 Å². The van der Waals surface area contributed by atoms with E-state index in [1.165, 1.54) is 21.2 Å². The average molecular weight is 475 g/mol. The van der Waals surface area contributed by atoms with Gasteiger partial charge in [-0.2, -0.15) is 0 Å². The third-order valence-electron chi connectivity index (χ3n) is 3.25. The van der Waals surface area contributed by atoms with Gasteiger partial charge in [-0.3, -0.25) is 0 Å². The summed E-state index contributed by atoms with van der Waals surface area (Å²) in [5.74, 6) is 0. The van der Waals surface area contributed by atoms with Crippen molar-refractivity contribution >= 4 is 69.9 Å². The van der Waals surface area contributed by atoms with Crippen LogP contribution in [0.1, 0.15) is 15.3 Å². The molecular weight excluding hydrogens is 464 g/mol. The molecule has 0 spiro atoms. The molecule has 3 aromatic rings. The van der Waals surface area contributed by atoms with Crippen LogP contribution in [0.15, 0.2) is 56.8 Å². The second-order valence-corrected chi connectivity index (χ2v) is 8.94. The lowest BCUT2D eigenvalue weighted by Crippen LogP contribution is -1.94. The summed E-state index contributed by atoms with van der Waals surface area (Å²) < 4.78 is 2.27. The molecule has 0 N–H and O–H groups in total. The maximum absolute atomic E-state index is 3.82. The smallest absolute Gasteiger partial charge is 0.0843 e. The van der Waals surface area contributed by atoms with E-state index in [0.29, 0.717) is 4.83 Å². The zero-order valence-electron chi connectivity index (χ0n) is 10.4. The highest BCUT2D eigenvalue weighted by atomic mass is 79.9. The first-order valence-corrected chi connectivity index (χ1v) is 9.52. The Morgan fingerprint density at radius 1 is 1.00 bits per heavy atom. The number of halogens is 3. The summed E-state index contributed by atoms with van der Waals surface area (Å²) in [6, 6.07) is 17.3. The van der Waals surface area contributed by atoms with Gasteiger partial charge in [0.05, 0.1) is 8.61 Å². The third-order valence-corrected chi connectivity index (χ3v) is 7.74. The molecule has 1 aromatic heterocycles. The molecule has 2 aromatic carbocycles. The molecule has 102 valence electrons. The van der Waals surface area contributed by atoms with Gasteiger partial charge in [0.2, 0.25) is 0 Å². The topological polar surface area (TPSA) is 0 Å². The SMILES string of the molecule is Brc1cc(C(Br)Cc2cccc3ccccc23)sc1Br. The molecule has 0 fully saturated rings. The number of thiophene rings is 1. The van der Waals surface area contributed by atoms with Gasteiger partial charge in [0, 0.05) is 9.35 Å². The van der Waals surface area contributed by atoms with E-state index in [-0.39, 0.29) is 0 Å². The third kappa shape index (κ3) is 3.03. The van der Waals surface area contributed by atoms with Crippen molar-refractivity contribution in [2.24, 2.45) is 0 Å². The van der Waals surface area contributed by atoms with Crippen LogP contribution in [0.4, 0.5) is 0 Å². The molecule has 0 aliphatic rings. The van der Waals surface area contributed by atoms with Crippen molar-refractivity contribution in [1.29, 1.82) is 0 Å². The van der Waals surface area contributed by atoms with Crippen molar-refractivity contribution in [2.75, 3.05) is 0 Å². The molecular formula is C16H11Br3S. The lowest BCUT2D eigenvalue weighted by Gasteiger charge is -2.10. The lowest BCUT2D eigenvalue weighted by atomic mass is 10.0. The van der Waals surface area contributed by atoms with Gasteiger partial charge < -0.3 is 0 Å². The van der Waals surface area contributed by atoms with Crippen LogP contribution in [0.3, 0.4) is 0 Å². The van der Waals surface area contributed by atoms with Crippen LogP contribution in [-0.2, 0) is 6.42 Å². The van der Waals surface area contributed by atoms with E-state index in [4.69, 9.17) is 0 Å². The fourth-order valence-corrected chi connectivity index (χ4v) is 5.11. The van der Waals surface area contributed by atoms with Crippen molar-refractivity contribution < 1.29 is 0 Å². The van der Waals surface area contributed by atoms with Gasteiger partial charge in [0.1, 0.15) is 0 Å². The Balaban J connectivity index is 1.93. The maximum Gasteiger partial charge on any atom is 0.0843 e. The van der Waals surface area contributed by atoms with Gasteiger partial charge in [-0.25, -0.2) is 0 Å². The van der Waals surface area contributed by atoms with E-state index < -0.39 is 0 Å². The standard InChI is InChI=1S/C16H11Br3S/c17-13(15-9-14(18)16(19)20-15)8-11-6-3-5-10-4-1-2-7-12(10)11/h1-7,9,13H,8H2. The zero-order chi connectivity index (χ0) is 14.1. The summed E-state index contributed by atoms with van der Waals surface area (Å²) in [7, 11) is 0. The van der Waals surface area contributed by atoms with Gasteiger partial charge in [-0.15, -0.1) is 11.3 Å². The molecule has 0 nitrogen and oxygen atoms in total. The van der Waals surface area contributed by atoms with Gasteiger partial charge in [-0.05, 0) is 60.7 Å². The highest BCUT2D eigenvalue weighted by molar-refractivity contribution is 9.13. The van der Waals surface area contributed by atoms with Crippen molar-refractivity contribution in [2.45, 2.75) is 11.2 Å². The second-order valence-electron chi connectivity index (χ2n) is 4.58. The summed E-state index contributed by atoms with van der Waals surface area (Å²) in [5, 5.41) is 2.65. The fraction of sp³-hybridized carbons (Fsp3) is 0.125. The van der Waals surface area contributed by atoms with Crippen LogP contribution in [0, 0.1) is 0 Å². The molecule has 0 amide bonds. The number of rotatable bonds is 3. The van der Waals surface area contributed by atoms with Crippen LogP contribution in [0.2, 0.25) is 0 Å². The summed E-state index contributed by atoms with van der Waals surface area (Å²) in [6.45, 7) is 0. The lowest BCUT2D eigenvalue weighted by molar-refractivity contribution is 0.978. The average Bonchev–Trinajstić information content (AvgIpc) is 2.79. The molecule has 1 heterocycles. The quantitative estimate of drug-likeness (QED) is 0.355. The summed E-state index contributed by atoms with van der Waals surface area (Å²) in [4.78, 5) is 1.66. The Morgan fingerprint density at radius 3 is 2.50 bits per heavy atom. The van der Waals surface area contributed by atoms with E-state index in [0.717, 1.165) is 14.7 Å². The van der Waals surface area contributed by atoms with E-state index in [1.807, 2.05) is 0 Å². The first-order chi connectivity index (χ1) is 9.65. The van der Waals surface area contributed by atoms with Gasteiger partial charge in [0.15, 0.2) is 0 Å². The predicted octanol–water partition coefficient (Wildman–Crippen LogP) is 7.11. The Kier molecular flexibility index (Phi) is 4.65. The predicted molar refractivity (Wildman–Crippen MR) is 99.0 cm³/mol. The summed E-state index contributed by atoms with van der Waals surface area (Å²) >= 11 is 12.7. The Morgan fingerprint density at radius 2 is 1.75 bits per heavy atom. The van der Waals surface area contributed by atoms with Crippen molar-refractivity contribution in [3.8, 4) is 0 Å². The Bertz CT molecular complexity index is 724. The van der Waals surface area contributed by atoms with Crippen LogP contribution < -0.4 is 0 Å². The monoisotopic (exact) mass is 472 g/mol. The first kappa shape index (κ1) is 14.8. The maximum atomic E-state index is 3.82. The number of alkyl halides is 1. The van der Waals surface area contributed by atoms with Crippen LogP contribution in [-0.4, -0.2) is 0 Å². The highest BCUT2D eigenvalue weighted by Crippen LogP contribution is 2.40. The first-order valence-electron chi connectivity index (χ1n) is 6.20. The van der Waals surface area contributed by atoms with E-state index >= 15 is 0 Å². The molecule has 0 aliphatic carbocycles. The van der Waals surface area contributed by atoms with Crippen molar-refractivity contribution in [3.63, 3.8) is 0 Å². The van der Waals surface area contributed by atoms with Crippen LogP contribution in [0.5, 0.6) is 0 Å². The van der Waals surface area contributed by atoms with Crippen LogP contribution >= 0.6 is 59.1 Å². The van der Waals surface area contributed by atoms with E-state index in [1.54, 1.807) is 11.3 Å². The van der Waals surface area contributed by atoms with Gasteiger partial charge >= 0.3 is 0 Å². The molecule has 3 rings (SSSR count). The van der Waals surface area contributed by atoms with Crippen molar-refractivity contribution in [3.05, 3.63) is 67.2 Å². The number of fused-ring (bicyclic) bond motifs is 1. The molecule has 0 radical (unpaired) electrons. The number of benzene rings is 2. The molecule has 0 saturated carbocycles. The summed E-state index contributed by atoms with van der Waals surface area (Å²) in [6.07, 6.45) is 0.987. The highest BCUT2D eigenvalue weighted by Gasteiger charge is 2.14. The van der Waals surface area contributed by atoms with Gasteiger partial charge in [0.25, 0.3) is 0 Å². The molecule has 1 atom stereocenters. The number of hydrogen-bond acceptors (Lipinski definition) is 1. The molecule has 1 unspecified atom stereocenters. The number of hydrogen-bond donors (Lipinski definition) is 0. The Labute approximate surface area is 147 Å². The fourth-order valence-electron chi connectivity index (χ4n) is 2.28. The molecule has 0 saturated heterocycles. The molecule has 4 heteroatoms. The van der Waals surface area contributed by atoms with E-state index in [9.17, 15) is 0 Å². The normalized spacial score (nSPS) is 12.8. The van der Waals surface area contributed by atoms with Gasteiger partial charge in [-0.1, -0.05) is 58.4 Å². The van der Waals surface area contributed by atoms with Crippen molar-refractivity contribution in [1.82, 2.24) is 0 Å².